The minimum absolute atomic E-state index is 0.0303. The van der Waals surface area contributed by atoms with Gasteiger partial charge in [0.1, 0.15) is 0 Å². The van der Waals surface area contributed by atoms with Crippen LogP contribution in [0.2, 0.25) is 0 Å². The number of carbonyl (C=O) groups excluding carboxylic acids is 1. The molecule has 0 bridgehead atoms. The lowest BCUT2D eigenvalue weighted by Crippen LogP contribution is -2.38. The zero-order chi connectivity index (χ0) is 17.2. The molecule has 1 rings (SSSR count). The monoisotopic (exact) mass is 342 g/mol. The van der Waals surface area contributed by atoms with Crippen LogP contribution in [0.5, 0.6) is 0 Å². The van der Waals surface area contributed by atoms with Crippen LogP contribution < -0.4 is 5.32 Å². The van der Waals surface area contributed by atoms with Gasteiger partial charge in [-0.3, -0.25) is 14.9 Å². The Morgan fingerprint density at radius 2 is 1.83 bits per heavy atom. The molecule has 1 aromatic rings. The average Bonchev–Trinajstić information content (AvgIpc) is 2.53. The largest absolute Gasteiger partial charge is 0.351 e. The first-order chi connectivity index (χ1) is 11.0. The second kappa shape index (κ2) is 10.2. The Balaban J connectivity index is 2.48. The molecule has 0 aliphatic rings. The van der Waals surface area contributed by atoms with Gasteiger partial charge in [-0.1, -0.05) is 0 Å². The van der Waals surface area contributed by atoms with Gasteiger partial charge in [0.15, 0.2) is 6.29 Å². The van der Waals surface area contributed by atoms with Crippen molar-refractivity contribution in [2.75, 3.05) is 19.8 Å². The van der Waals surface area contributed by atoms with Gasteiger partial charge in [0.25, 0.3) is 5.69 Å². The van der Waals surface area contributed by atoms with Crippen molar-refractivity contribution in [2.24, 2.45) is 0 Å². The van der Waals surface area contributed by atoms with E-state index >= 15 is 0 Å². The van der Waals surface area contributed by atoms with Crippen molar-refractivity contribution in [3.8, 4) is 0 Å². The molecule has 8 heteroatoms. The van der Waals surface area contributed by atoms with E-state index in [0.717, 1.165) is 4.90 Å². The summed E-state index contributed by atoms with van der Waals surface area (Å²) in [5.74, 6) is -0.141. The molecule has 1 amide bonds. The molecule has 0 saturated heterocycles. The standard InChI is InChI=1S/C15H22N2O5S/c1-4-21-14(22-5-2)10-16-15(18)11(3)23-13-8-6-12(7-9-13)17(19)20/h6-9,11,14H,4-5,10H2,1-3H3,(H,16,18)/t11-/m0/s1. The van der Waals surface area contributed by atoms with E-state index in [0.29, 0.717) is 13.2 Å². The van der Waals surface area contributed by atoms with Crippen LogP contribution in [0.25, 0.3) is 0 Å². The second-order valence-electron chi connectivity index (χ2n) is 4.60. The third kappa shape index (κ3) is 6.98. The Morgan fingerprint density at radius 1 is 1.26 bits per heavy atom. The maximum absolute atomic E-state index is 12.1. The van der Waals surface area contributed by atoms with Gasteiger partial charge in [-0.25, -0.2) is 0 Å². The first-order valence-electron chi connectivity index (χ1n) is 7.39. The van der Waals surface area contributed by atoms with Crippen LogP contribution in [0.3, 0.4) is 0 Å². The fourth-order valence-electron chi connectivity index (χ4n) is 1.77. The highest BCUT2D eigenvalue weighted by atomic mass is 32.2. The molecule has 7 nitrogen and oxygen atoms in total. The van der Waals surface area contributed by atoms with Gasteiger partial charge in [0.2, 0.25) is 5.91 Å². The van der Waals surface area contributed by atoms with Crippen LogP contribution in [0, 0.1) is 10.1 Å². The highest BCUT2D eigenvalue weighted by Gasteiger charge is 2.17. The lowest BCUT2D eigenvalue weighted by atomic mass is 10.3. The van der Waals surface area contributed by atoms with Crippen molar-refractivity contribution in [3.05, 3.63) is 34.4 Å². The number of nitro benzene ring substituents is 1. The Labute approximate surface area is 139 Å². The summed E-state index contributed by atoms with van der Waals surface area (Å²) in [5.41, 5.74) is 0.0303. The van der Waals surface area contributed by atoms with Crippen LogP contribution in [0.1, 0.15) is 20.8 Å². The number of rotatable bonds is 10. The molecule has 0 aliphatic carbocycles. The molecule has 0 saturated carbocycles. The molecule has 0 radical (unpaired) electrons. The Kier molecular flexibility index (Phi) is 8.60. The summed E-state index contributed by atoms with van der Waals surface area (Å²) in [7, 11) is 0. The summed E-state index contributed by atoms with van der Waals surface area (Å²) in [6, 6.07) is 6.12. The summed E-state index contributed by atoms with van der Waals surface area (Å²) >= 11 is 1.33. The summed E-state index contributed by atoms with van der Waals surface area (Å²) in [5, 5.41) is 13.1. The van der Waals surface area contributed by atoms with Gasteiger partial charge in [0.05, 0.1) is 16.7 Å². The minimum atomic E-state index is -0.453. The third-order valence-electron chi connectivity index (χ3n) is 2.88. The van der Waals surface area contributed by atoms with E-state index in [4.69, 9.17) is 9.47 Å². The van der Waals surface area contributed by atoms with Gasteiger partial charge in [-0.15, -0.1) is 11.8 Å². The van der Waals surface area contributed by atoms with Gasteiger partial charge >= 0.3 is 0 Å². The summed E-state index contributed by atoms with van der Waals surface area (Å²) in [6.45, 7) is 6.80. The van der Waals surface area contributed by atoms with Gasteiger partial charge < -0.3 is 14.8 Å². The maximum atomic E-state index is 12.1. The normalized spacial score (nSPS) is 12.2. The van der Waals surface area contributed by atoms with Gasteiger partial charge in [-0.05, 0) is 32.9 Å². The number of non-ortho nitro benzene ring substituents is 1. The van der Waals surface area contributed by atoms with E-state index in [9.17, 15) is 14.9 Å². The van der Waals surface area contributed by atoms with Gasteiger partial charge in [-0.2, -0.15) is 0 Å². The third-order valence-corrected chi connectivity index (χ3v) is 3.99. The fraction of sp³-hybridized carbons (Fsp3) is 0.533. The smallest absolute Gasteiger partial charge is 0.269 e. The van der Waals surface area contributed by atoms with Crippen LogP contribution in [0.15, 0.2) is 29.2 Å². The molecule has 0 fully saturated rings. The lowest BCUT2D eigenvalue weighted by Gasteiger charge is -2.19. The van der Waals surface area contributed by atoms with Crippen molar-refractivity contribution in [2.45, 2.75) is 37.2 Å². The van der Waals surface area contributed by atoms with E-state index in [1.807, 2.05) is 13.8 Å². The van der Waals surface area contributed by atoms with Crippen LogP contribution in [-0.4, -0.2) is 42.1 Å². The minimum Gasteiger partial charge on any atom is -0.351 e. The van der Waals surface area contributed by atoms with E-state index in [-0.39, 0.29) is 23.4 Å². The zero-order valence-corrected chi connectivity index (χ0v) is 14.3. The summed E-state index contributed by atoms with van der Waals surface area (Å²) in [6.07, 6.45) is -0.453. The van der Waals surface area contributed by atoms with Crippen LogP contribution in [-0.2, 0) is 14.3 Å². The number of nitrogens with zero attached hydrogens (tertiary/aromatic N) is 1. The Hall–Kier alpha value is -1.64. The number of hydrogen-bond acceptors (Lipinski definition) is 6. The van der Waals surface area contributed by atoms with E-state index in [2.05, 4.69) is 5.32 Å². The SMILES string of the molecule is CCOC(CNC(=O)[C@H](C)Sc1ccc([N+](=O)[O-])cc1)OCC. The Morgan fingerprint density at radius 3 is 2.30 bits per heavy atom. The molecule has 1 aromatic carbocycles. The number of carbonyl (C=O) groups is 1. The van der Waals surface area contributed by atoms with E-state index < -0.39 is 11.2 Å². The number of amides is 1. The highest BCUT2D eigenvalue weighted by molar-refractivity contribution is 8.00. The predicted octanol–water partition coefficient (Wildman–Crippen LogP) is 2.59. The lowest BCUT2D eigenvalue weighted by molar-refractivity contribution is -0.384. The summed E-state index contributed by atoms with van der Waals surface area (Å²) in [4.78, 5) is 23.0. The maximum Gasteiger partial charge on any atom is 0.269 e. The number of hydrogen-bond donors (Lipinski definition) is 1. The molecular formula is C15H22N2O5S. The topological polar surface area (TPSA) is 90.7 Å². The fourth-order valence-corrected chi connectivity index (χ4v) is 2.66. The van der Waals surface area contributed by atoms with E-state index in [1.165, 1.54) is 23.9 Å². The highest BCUT2D eigenvalue weighted by Crippen LogP contribution is 2.25. The van der Waals surface area contributed by atoms with Crippen molar-refractivity contribution in [1.29, 1.82) is 0 Å². The van der Waals surface area contributed by atoms with Crippen molar-refractivity contribution >= 4 is 23.4 Å². The molecule has 0 heterocycles. The number of thioether (sulfide) groups is 1. The second-order valence-corrected chi connectivity index (χ2v) is 6.01. The molecule has 0 unspecified atom stereocenters. The van der Waals surface area contributed by atoms with Crippen molar-refractivity contribution in [1.82, 2.24) is 5.32 Å². The molecule has 128 valence electrons. The first kappa shape index (κ1) is 19.4. The van der Waals surface area contributed by atoms with Gasteiger partial charge in [0, 0.05) is 30.2 Å². The number of ether oxygens (including phenoxy) is 2. The molecule has 1 N–H and O–H groups in total. The number of benzene rings is 1. The molecule has 1 atom stereocenters. The molecule has 0 spiro atoms. The van der Waals surface area contributed by atoms with E-state index in [1.54, 1.807) is 19.1 Å². The van der Waals surface area contributed by atoms with Crippen molar-refractivity contribution < 1.29 is 19.2 Å². The average molecular weight is 342 g/mol. The predicted molar refractivity (Wildman–Crippen MR) is 88.5 cm³/mol. The summed E-state index contributed by atoms with van der Waals surface area (Å²) < 4.78 is 10.7. The quantitative estimate of drug-likeness (QED) is 0.304. The first-order valence-corrected chi connectivity index (χ1v) is 8.27. The number of nitro groups is 1. The Bertz CT molecular complexity index is 503. The zero-order valence-electron chi connectivity index (χ0n) is 13.5. The van der Waals surface area contributed by atoms with Crippen molar-refractivity contribution in [3.63, 3.8) is 0 Å². The molecule has 0 aliphatic heterocycles. The van der Waals surface area contributed by atoms with Crippen LogP contribution in [0.4, 0.5) is 5.69 Å². The molecular weight excluding hydrogens is 320 g/mol. The van der Waals surface area contributed by atoms with Crippen LogP contribution >= 0.6 is 11.8 Å². The molecule has 0 aromatic heterocycles. The molecule has 23 heavy (non-hydrogen) atoms. The number of nitrogens with one attached hydrogen (secondary N) is 1.